The van der Waals surface area contributed by atoms with E-state index in [0.29, 0.717) is 5.69 Å². The Morgan fingerprint density at radius 3 is 2.13 bits per heavy atom. The monoisotopic (exact) mass is 355 g/mol. The molecule has 1 N–H and O–H groups in total. The summed E-state index contributed by atoms with van der Waals surface area (Å²) in [5, 5.41) is 0. The maximum absolute atomic E-state index is 11.3. The number of sulfonamides is 1. The SMILES string of the molecule is Cc1cc(NS(=O)(=O)CBr)cc(C)c1Br. The van der Waals surface area contributed by atoms with Crippen molar-refractivity contribution in [1.82, 2.24) is 0 Å². The fourth-order valence-corrected chi connectivity index (χ4v) is 2.32. The fraction of sp³-hybridized carbons (Fsp3) is 0.333. The van der Waals surface area contributed by atoms with Gasteiger partial charge in [0, 0.05) is 10.2 Å². The van der Waals surface area contributed by atoms with Crippen LogP contribution in [-0.2, 0) is 10.0 Å². The summed E-state index contributed by atoms with van der Waals surface area (Å²) in [6.45, 7) is 3.84. The fourth-order valence-electron chi connectivity index (χ4n) is 1.21. The molecule has 0 aliphatic carbocycles. The lowest BCUT2D eigenvalue weighted by Crippen LogP contribution is -2.13. The second-order valence-corrected chi connectivity index (χ2v) is 7.07. The van der Waals surface area contributed by atoms with Gasteiger partial charge < -0.3 is 0 Å². The molecule has 0 amide bonds. The van der Waals surface area contributed by atoms with Gasteiger partial charge in [0.1, 0.15) is 4.66 Å². The summed E-state index contributed by atoms with van der Waals surface area (Å²) in [5.74, 6) is 0. The summed E-state index contributed by atoms with van der Waals surface area (Å²) in [4.78, 5) is 0. The van der Waals surface area contributed by atoms with Gasteiger partial charge in [0.25, 0.3) is 0 Å². The minimum atomic E-state index is -3.27. The van der Waals surface area contributed by atoms with Gasteiger partial charge >= 0.3 is 0 Å². The van der Waals surface area contributed by atoms with Crippen LogP contribution < -0.4 is 4.72 Å². The van der Waals surface area contributed by atoms with Crippen LogP contribution in [0, 0.1) is 13.8 Å². The number of nitrogens with one attached hydrogen (secondary N) is 1. The zero-order valence-corrected chi connectivity index (χ0v) is 12.3. The van der Waals surface area contributed by atoms with Crippen molar-refractivity contribution in [3.8, 4) is 0 Å². The molecule has 0 saturated heterocycles. The Balaban J connectivity index is 3.08. The predicted octanol–water partition coefficient (Wildman–Crippen LogP) is 3.16. The van der Waals surface area contributed by atoms with Crippen molar-refractivity contribution in [3.63, 3.8) is 0 Å². The number of hydrogen-bond donors (Lipinski definition) is 1. The molecule has 0 heterocycles. The molecule has 0 aliphatic rings. The highest BCUT2D eigenvalue weighted by Gasteiger charge is 2.09. The van der Waals surface area contributed by atoms with E-state index in [1.54, 1.807) is 12.1 Å². The van der Waals surface area contributed by atoms with E-state index in [2.05, 4.69) is 36.6 Å². The average molecular weight is 357 g/mol. The molecule has 0 atom stereocenters. The topological polar surface area (TPSA) is 46.2 Å². The Kier molecular flexibility index (Phi) is 4.20. The summed E-state index contributed by atoms with van der Waals surface area (Å²) in [5.41, 5.74) is 2.59. The summed E-state index contributed by atoms with van der Waals surface area (Å²) >= 11 is 6.34. The maximum Gasteiger partial charge on any atom is 0.242 e. The van der Waals surface area contributed by atoms with E-state index in [-0.39, 0.29) is 4.66 Å². The zero-order chi connectivity index (χ0) is 11.6. The lowest BCUT2D eigenvalue weighted by molar-refractivity contribution is 0.606. The molecule has 3 nitrogen and oxygen atoms in total. The molecular formula is C9H11Br2NO2S. The van der Waals surface area contributed by atoms with Crippen molar-refractivity contribution in [2.75, 3.05) is 9.38 Å². The van der Waals surface area contributed by atoms with Crippen LogP contribution in [0.1, 0.15) is 11.1 Å². The number of aryl methyl sites for hydroxylation is 2. The normalized spacial score (nSPS) is 11.5. The van der Waals surface area contributed by atoms with Crippen LogP contribution in [0.3, 0.4) is 0 Å². The first-order valence-corrected chi connectivity index (χ1v) is 7.75. The number of benzene rings is 1. The van der Waals surface area contributed by atoms with E-state index >= 15 is 0 Å². The number of anilines is 1. The highest BCUT2D eigenvalue weighted by molar-refractivity contribution is 9.11. The first kappa shape index (κ1) is 13.0. The van der Waals surface area contributed by atoms with Gasteiger partial charge in [-0.15, -0.1) is 0 Å². The van der Waals surface area contributed by atoms with E-state index in [4.69, 9.17) is 0 Å². The van der Waals surface area contributed by atoms with E-state index in [1.165, 1.54) is 0 Å². The molecule has 1 aromatic rings. The van der Waals surface area contributed by atoms with Gasteiger partial charge in [-0.3, -0.25) is 4.72 Å². The van der Waals surface area contributed by atoms with Gasteiger partial charge in [-0.25, -0.2) is 8.42 Å². The molecule has 0 aliphatic heterocycles. The lowest BCUT2D eigenvalue weighted by Gasteiger charge is -2.09. The molecular weight excluding hydrogens is 346 g/mol. The van der Waals surface area contributed by atoms with Gasteiger partial charge in [0.2, 0.25) is 10.0 Å². The van der Waals surface area contributed by atoms with Crippen molar-refractivity contribution in [2.24, 2.45) is 0 Å². The first-order valence-electron chi connectivity index (χ1n) is 4.19. The van der Waals surface area contributed by atoms with Crippen molar-refractivity contribution < 1.29 is 8.42 Å². The highest BCUT2D eigenvalue weighted by atomic mass is 79.9. The smallest absolute Gasteiger partial charge is 0.242 e. The molecule has 1 rings (SSSR count). The second kappa shape index (κ2) is 4.84. The van der Waals surface area contributed by atoms with Crippen molar-refractivity contribution in [2.45, 2.75) is 13.8 Å². The Bertz CT molecular complexity index is 448. The van der Waals surface area contributed by atoms with Crippen molar-refractivity contribution in [3.05, 3.63) is 27.7 Å². The predicted molar refractivity (Wildman–Crippen MR) is 70.0 cm³/mol. The lowest BCUT2D eigenvalue weighted by atomic mass is 10.1. The van der Waals surface area contributed by atoms with Crippen LogP contribution in [0.25, 0.3) is 0 Å². The number of hydrogen-bond acceptors (Lipinski definition) is 2. The molecule has 0 saturated carbocycles. The number of alkyl halides is 1. The second-order valence-electron chi connectivity index (χ2n) is 3.25. The molecule has 84 valence electrons. The summed E-state index contributed by atoms with van der Waals surface area (Å²) in [7, 11) is -3.27. The highest BCUT2D eigenvalue weighted by Crippen LogP contribution is 2.25. The maximum atomic E-state index is 11.3. The van der Waals surface area contributed by atoms with E-state index < -0.39 is 10.0 Å². The Morgan fingerprint density at radius 1 is 1.27 bits per heavy atom. The third-order valence-electron chi connectivity index (χ3n) is 1.85. The molecule has 0 radical (unpaired) electrons. The van der Waals surface area contributed by atoms with E-state index in [0.717, 1.165) is 15.6 Å². The van der Waals surface area contributed by atoms with Crippen LogP contribution >= 0.6 is 31.9 Å². The third kappa shape index (κ3) is 3.46. The quantitative estimate of drug-likeness (QED) is 0.845. The molecule has 0 spiro atoms. The van der Waals surface area contributed by atoms with Crippen LogP contribution in [0.2, 0.25) is 0 Å². The third-order valence-corrected chi connectivity index (χ3v) is 5.75. The van der Waals surface area contributed by atoms with Crippen LogP contribution in [0.15, 0.2) is 16.6 Å². The molecule has 0 fully saturated rings. The van der Waals surface area contributed by atoms with Crippen molar-refractivity contribution >= 4 is 47.6 Å². The summed E-state index contributed by atoms with van der Waals surface area (Å²) in [6.07, 6.45) is 0. The van der Waals surface area contributed by atoms with E-state index in [1.807, 2.05) is 13.8 Å². The Hall–Kier alpha value is -0.0700. The van der Waals surface area contributed by atoms with Gasteiger partial charge in [-0.1, -0.05) is 31.9 Å². The van der Waals surface area contributed by atoms with Crippen molar-refractivity contribution in [1.29, 1.82) is 0 Å². The van der Waals surface area contributed by atoms with Gasteiger partial charge in [-0.05, 0) is 37.1 Å². The molecule has 15 heavy (non-hydrogen) atoms. The standard InChI is InChI=1S/C9H11Br2NO2S/c1-6-3-8(4-7(2)9(6)11)12-15(13,14)5-10/h3-4,12H,5H2,1-2H3. The minimum absolute atomic E-state index is 0.103. The Labute approximate surface area is 107 Å². The average Bonchev–Trinajstić information content (AvgIpc) is 2.13. The largest absolute Gasteiger partial charge is 0.283 e. The minimum Gasteiger partial charge on any atom is -0.283 e. The van der Waals surface area contributed by atoms with Crippen LogP contribution in [0.4, 0.5) is 5.69 Å². The van der Waals surface area contributed by atoms with Crippen LogP contribution in [-0.4, -0.2) is 13.1 Å². The number of rotatable bonds is 3. The van der Waals surface area contributed by atoms with Gasteiger partial charge in [0.15, 0.2) is 0 Å². The molecule has 0 unspecified atom stereocenters. The Morgan fingerprint density at radius 2 is 1.73 bits per heavy atom. The first-order chi connectivity index (χ1) is 6.85. The molecule has 0 aromatic heterocycles. The molecule has 0 bridgehead atoms. The summed E-state index contributed by atoms with van der Waals surface area (Å²) < 4.78 is 26.0. The number of halogens is 2. The van der Waals surface area contributed by atoms with Gasteiger partial charge in [-0.2, -0.15) is 0 Å². The molecule has 6 heteroatoms. The van der Waals surface area contributed by atoms with Gasteiger partial charge in [0.05, 0.1) is 0 Å². The summed E-state index contributed by atoms with van der Waals surface area (Å²) in [6, 6.07) is 3.58. The van der Waals surface area contributed by atoms with Crippen LogP contribution in [0.5, 0.6) is 0 Å². The zero-order valence-electron chi connectivity index (χ0n) is 8.34. The molecule has 1 aromatic carbocycles. The van der Waals surface area contributed by atoms with E-state index in [9.17, 15) is 8.42 Å².